The number of hydrogen-bond acceptors (Lipinski definition) is 4. The summed E-state index contributed by atoms with van der Waals surface area (Å²) in [5.74, 6) is 0.403. The predicted octanol–water partition coefficient (Wildman–Crippen LogP) is 3.13. The van der Waals surface area contributed by atoms with Crippen molar-refractivity contribution in [3.63, 3.8) is 0 Å². The van der Waals surface area contributed by atoms with Crippen molar-refractivity contribution in [3.05, 3.63) is 29.8 Å². The van der Waals surface area contributed by atoms with Gasteiger partial charge in [-0.05, 0) is 30.5 Å². The summed E-state index contributed by atoms with van der Waals surface area (Å²) >= 11 is 0. The van der Waals surface area contributed by atoms with Crippen molar-refractivity contribution in [2.24, 2.45) is 0 Å². The normalized spacial score (nSPS) is 18.3. The van der Waals surface area contributed by atoms with Gasteiger partial charge in [0.05, 0.1) is 12.4 Å². The lowest BCUT2D eigenvalue weighted by molar-refractivity contribution is -0.173. The largest absolute Gasteiger partial charge is 0.497 e. The molecule has 1 aromatic rings. The molecule has 1 saturated heterocycles. The molecular weight excluding hydrogens is 359 g/mol. The van der Waals surface area contributed by atoms with Crippen LogP contribution in [0.4, 0.5) is 13.2 Å². The van der Waals surface area contributed by atoms with Crippen LogP contribution < -0.4 is 4.74 Å². The Balaban J connectivity index is 2.42. The number of benzene rings is 1. The van der Waals surface area contributed by atoms with Crippen LogP contribution in [0.1, 0.15) is 31.4 Å². The first kappa shape index (κ1) is 20.0. The van der Waals surface area contributed by atoms with Crippen LogP contribution in [-0.4, -0.2) is 51.0 Å². The minimum Gasteiger partial charge on any atom is -0.497 e. The van der Waals surface area contributed by atoms with Gasteiger partial charge in [0.1, 0.15) is 11.8 Å². The first-order valence-electron chi connectivity index (χ1n) is 8.01. The predicted molar refractivity (Wildman–Crippen MR) is 86.9 cm³/mol. The van der Waals surface area contributed by atoms with Crippen LogP contribution in [0.5, 0.6) is 5.75 Å². The second-order valence-corrected chi connectivity index (χ2v) is 7.94. The molecule has 1 heterocycles. The van der Waals surface area contributed by atoms with Gasteiger partial charge in [-0.3, -0.25) is 0 Å². The lowest BCUT2D eigenvalue weighted by Gasteiger charge is -2.35. The summed E-state index contributed by atoms with van der Waals surface area (Å²) in [4.78, 5) is 0. The number of halogens is 3. The first-order chi connectivity index (χ1) is 11.7. The van der Waals surface area contributed by atoms with Crippen LogP contribution in [0.3, 0.4) is 0 Å². The van der Waals surface area contributed by atoms with E-state index in [4.69, 9.17) is 9.47 Å². The summed E-state index contributed by atoms with van der Waals surface area (Å²) in [5.41, 5.74) is -0.134. The summed E-state index contributed by atoms with van der Waals surface area (Å²) in [6, 6.07) is 3.06. The highest BCUT2D eigenvalue weighted by atomic mass is 32.2. The van der Waals surface area contributed by atoms with Gasteiger partial charge < -0.3 is 9.47 Å². The maximum absolute atomic E-state index is 13.8. The third kappa shape index (κ3) is 4.45. The molecule has 25 heavy (non-hydrogen) atoms. The van der Waals surface area contributed by atoms with Crippen molar-refractivity contribution in [1.82, 2.24) is 4.31 Å². The molecule has 0 saturated carbocycles. The molecule has 1 aliphatic heterocycles. The van der Waals surface area contributed by atoms with Crippen molar-refractivity contribution in [2.45, 2.75) is 37.2 Å². The molecule has 0 radical (unpaired) electrons. The quantitative estimate of drug-likeness (QED) is 0.760. The Morgan fingerprint density at radius 2 is 1.80 bits per heavy atom. The molecule has 1 aliphatic rings. The second-order valence-electron chi connectivity index (χ2n) is 5.78. The lowest BCUT2D eigenvalue weighted by Crippen LogP contribution is -2.47. The summed E-state index contributed by atoms with van der Waals surface area (Å²) in [5, 5.41) is -0.857. The van der Waals surface area contributed by atoms with E-state index in [1.54, 1.807) is 0 Å². The van der Waals surface area contributed by atoms with E-state index in [0.717, 1.165) is 0 Å². The van der Waals surface area contributed by atoms with Gasteiger partial charge in [-0.15, -0.1) is 0 Å². The van der Waals surface area contributed by atoms with E-state index in [9.17, 15) is 21.6 Å². The van der Waals surface area contributed by atoms with Crippen molar-refractivity contribution in [2.75, 3.05) is 26.9 Å². The number of methoxy groups -OCH3 is 1. The van der Waals surface area contributed by atoms with E-state index in [1.807, 2.05) is 0 Å². The molecule has 9 heteroatoms. The van der Waals surface area contributed by atoms with E-state index in [1.165, 1.54) is 38.3 Å². The Hall–Kier alpha value is -1.32. The van der Waals surface area contributed by atoms with Gasteiger partial charge in [-0.2, -0.15) is 17.5 Å². The molecule has 0 N–H and O–H groups in total. The molecule has 0 aromatic heterocycles. The summed E-state index contributed by atoms with van der Waals surface area (Å²) in [6.07, 6.45) is -4.33. The van der Waals surface area contributed by atoms with E-state index < -0.39 is 27.5 Å². The molecule has 2 rings (SSSR count). The third-order valence-electron chi connectivity index (χ3n) is 4.26. The number of ether oxygens (including phenoxy) is 2. The highest BCUT2D eigenvalue weighted by molar-refractivity contribution is 7.89. The van der Waals surface area contributed by atoms with E-state index in [0.29, 0.717) is 10.1 Å². The van der Waals surface area contributed by atoms with Crippen LogP contribution in [0.15, 0.2) is 24.3 Å². The van der Waals surface area contributed by atoms with Crippen LogP contribution >= 0.6 is 0 Å². The molecule has 0 bridgehead atoms. The van der Waals surface area contributed by atoms with E-state index in [-0.39, 0.29) is 38.2 Å². The Morgan fingerprint density at radius 1 is 1.24 bits per heavy atom. The molecule has 1 atom stereocenters. The Bertz CT molecular complexity index is 655. The standard InChI is InChI=1S/C16H22F3NO4S/c1-3-20(25(21,22)14-8-10-24-11-9-14)15(16(17,18)19)12-4-6-13(23-2)7-5-12/h4-7,14-15H,3,8-11H2,1-2H3. The molecular formula is C16H22F3NO4S. The fourth-order valence-corrected chi connectivity index (χ4v) is 5.05. The zero-order valence-electron chi connectivity index (χ0n) is 14.1. The zero-order chi connectivity index (χ0) is 18.7. The van der Waals surface area contributed by atoms with Gasteiger partial charge in [0, 0.05) is 19.8 Å². The maximum atomic E-state index is 13.8. The topological polar surface area (TPSA) is 55.8 Å². The molecule has 0 aliphatic carbocycles. The zero-order valence-corrected chi connectivity index (χ0v) is 14.9. The minimum atomic E-state index is -4.73. The Labute approximate surface area is 145 Å². The molecule has 1 fully saturated rings. The Kier molecular flexibility index (Phi) is 6.34. The number of nitrogens with zero attached hydrogens (tertiary/aromatic N) is 1. The van der Waals surface area contributed by atoms with E-state index in [2.05, 4.69) is 0 Å². The number of alkyl halides is 3. The SMILES string of the molecule is CCN(C(c1ccc(OC)cc1)C(F)(F)F)S(=O)(=O)C1CCOCC1. The summed E-state index contributed by atoms with van der Waals surface area (Å²) < 4.78 is 77.6. The van der Waals surface area contributed by atoms with Gasteiger partial charge in [0.25, 0.3) is 0 Å². The lowest BCUT2D eigenvalue weighted by atomic mass is 10.1. The van der Waals surface area contributed by atoms with Crippen LogP contribution in [0.2, 0.25) is 0 Å². The monoisotopic (exact) mass is 381 g/mol. The molecule has 1 unspecified atom stereocenters. The molecule has 5 nitrogen and oxygen atoms in total. The highest BCUT2D eigenvalue weighted by Gasteiger charge is 2.50. The van der Waals surface area contributed by atoms with Gasteiger partial charge >= 0.3 is 6.18 Å². The van der Waals surface area contributed by atoms with Crippen molar-refractivity contribution in [1.29, 1.82) is 0 Å². The molecule has 0 spiro atoms. The fourth-order valence-electron chi connectivity index (χ4n) is 2.98. The summed E-state index contributed by atoms with van der Waals surface area (Å²) in [7, 11) is -2.71. The smallest absolute Gasteiger partial charge is 0.409 e. The average Bonchev–Trinajstić information content (AvgIpc) is 2.59. The molecule has 0 amide bonds. The minimum absolute atomic E-state index is 0.134. The van der Waals surface area contributed by atoms with Crippen molar-refractivity contribution in [3.8, 4) is 5.75 Å². The first-order valence-corrected chi connectivity index (χ1v) is 9.51. The van der Waals surface area contributed by atoms with Gasteiger partial charge in [0.2, 0.25) is 10.0 Å². The summed E-state index contributed by atoms with van der Waals surface area (Å²) in [6.45, 7) is 1.62. The van der Waals surface area contributed by atoms with Crippen LogP contribution in [-0.2, 0) is 14.8 Å². The van der Waals surface area contributed by atoms with Gasteiger partial charge in [0.15, 0.2) is 0 Å². The highest BCUT2D eigenvalue weighted by Crippen LogP contribution is 2.41. The third-order valence-corrected chi connectivity index (χ3v) is 6.69. The Morgan fingerprint density at radius 3 is 2.24 bits per heavy atom. The number of hydrogen-bond donors (Lipinski definition) is 0. The second kappa shape index (κ2) is 7.92. The van der Waals surface area contributed by atoms with Gasteiger partial charge in [-0.25, -0.2) is 8.42 Å². The molecule has 142 valence electrons. The van der Waals surface area contributed by atoms with Gasteiger partial charge in [-0.1, -0.05) is 19.1 Å². The molecule has 1 aromatic carbocycles. The van der Waals surface area contributed by atoms with Crippen molar-refractivity contribution < 1.29 is 31.1 Å². The van der Waals surface area contributed by atoms with E-state index >= 15 is 0 Å². The van der Waals surface area contributed by atoms with Crippen molar-refractivity contribution >= 4 is 10.0 Å². The number of sulfonamides is 1. The van der Waals surface area contributed by atoms with Crippen LogP contribution in [0.25, 0.3) is 0 Å². The maximum Gasteiger partial charge on any atom is 0.409 e. The number of rotatable bonds is 6. The fraction of sp³-hybridized carbons (Fsp3) is 0.625. The average molecular weight is 381 g/mol. The van der Waals surface area contributed by atoms with Crippen LogP contribution in [0, 0.1) is 0 Å².